The molecule has 0 atom stereocenters. The summed E-state index contributed by atoms with van der Waals surface area (Å²) in [5.41, 5.74) is 5.69. The van der Waals surface area contributed by atoms with Crippen LogP contribution in [0.3, 0.4) is 0 Å². The van der Waals surface area contributed by atoms with E-state index < -0.39 is 5.91 Å². The van der Waals surface area contributed by atoms with Gasteiger partial charge in [-0.1, -0.05) is 0 Å². The minimum atomic E-state index is -0.524. The number of primary amides is 1. The molecule has 2 rings (SSSR count). The second-order valence-electron chi connectivity index (χ2n) is 6.10. The monoisotopic (exact) mass is 306 g/mol. The number of hydrogen-bond donors (Lipinski definition) is 4. The molecule has 5 N–H and O–H groups in total. The van der Waals surface area contributed by atoms with Crippen molar-refractivity contribution in [3.63, 3.8) is 0 Å². The minimum absolute atomic E-state index is 0.159. The molecule has 0 aromatic carbocycles. The summed E-state index contributed by atoms with van der Waals surface area (Å²) >= 11 is 0. The Morgan fingerprint density at radius 2 is 1.91 bits per heavy atom. The first-order valence-corrected chi connectivity index (χ1v) is 7.86. The van der Waals surface area contributed by atoms with Crippen molar-refractivity contribution in [1.29, 1.82) is 0 Å². The van der Waals surface area contributed by atoms with Crippen LogP contribution in [0.2, 0.25) is 0 Å². The van der Waals surface area contributed by atoms with Crippen LogP contribution in [-0.4, -0.2) is 41.0 Å². The lowest BCUT2D eigenvalue weighted by atomic mass is 9.91. The van der Waals surface area contributed by atoms with Gasteiger partial charge in [0.1, 0.15) is 5.82 Å². The lowest BCUT2D eigenvalue weighted by Crippen LogP contribution is -2.35. The fraction of sp³-hybridized carbons (Fsp3) is 0.667. The third-order valence-electron chi connectivity index (χ3n) is 3.95. The molecule has 1 fully saturated rings. The molecule has 1 aromatic rings. The summed E-state index contributed by atoms with van der Waals surface area (Å²) in [4.78, 5) is 20.1. The molecule has 0 spiro atoms. The second kappa shape index (κ2) is 7.40. The molecule has 0 saturated heterocycles. The van der Waals surface area contributed by atoms with E-state index in [2.05, 4.69) is 25.9 Å². The Kier molecular flexibility index (Phi) is 5.54. The van der Waals surface area contributed by atoms with E-state index in [1.165, 1.54) is 6.20 Å². The van der Waals surface area contributed by atoms with E-state index in [4.69, 9.17) is 5.73 Å². The summed E-state index contributed by atoms with van der Waals surface area (Å²) in [7, 11) is 2.01. The van der Waals surface area contributed by atoms with Gasteiger partial charge in [-0.15, -0.1) is 0 Å². The van der Waals surface area contributed by atoms with E-state index in [0.29, 0.717) is 29.4 Å². The molecule has 1 heterocycles. The topological polar surface area (TPSA) is 105 Å². The van der Waals surface area contributed by atoms with Gasteiger partial charge < -0.3 is 21.7 Å². The van der Waals surface area contributed by atoms with Gasteiger partial charge >= 0.3 is 0 Å². The number of nitrogens with zero attached hydrogens (tertiary/aromatic N) is 2. The number of nitrogens with one attached hydrogen (secondary N) is 3. The standard InChI is InChI=1S/C15H26N6O/c1-9(2)19-14-12(13(16)22)8-18-15(21-14)20-11-6-4-10(17-3)5-7-11/h8-11,17H,4-7H2,1-3H3,(H2,16,22)(H2,18,19,20,21). The number of aromatic nitrogens is 2. The van der Waals surface area contributed by atoms with Gasteiger partial charge in [-0.2, -0.15) is 4.98 Å². The molecule has 122 valence electrons. The molecule has 1 aromatic heterocycles. The van der Waals surface area contributed by atoms with Crippen molar-refractivity contribution < 1.29 is 4.79 Å². The molecule has 1 aliphatic carbocycles. The zero-order chi connectivity index (χ0) is 16.1. The Labute approximate surface area is 131 Å². The molecule has 0 unspecified atom stereocenters. The summed E-state index contributed by atoms with van der Waals surface area (Å²) in [6.07, 6.45) is 5.94. The SMILES string of the molecule is CNC1CCC(Nc2ncc(C(N)=O)c(NC(C)C)n2)CC1. The number of rotatable bonds is 6. The highest BCUT2D eigenvalue weighted by Crippen LogP contribution is 2.22. The van der Waals surface area contributed by atoms with Gasteiger partial charge in [0.2, 0.25) is 5.95 Å². The maximum absolute atomic E-state index is 11.4. The number of carbonyl (C=O) groups is 1. The number of nitrogens with two attached hydrogens (primary N) is 1. The number of carbonyl (C=O) groups excluding carboxylic acids is 1. The van der Waals surface area contributed by atoms with E-state index in [-0.39, 0.29) is 6.04 Å². The second-order valence-corrected chi connectivity index (χ2v) is 6.10. The Hall–Kier alpha value is -1.89. The maximum Gasteiger partial charge on any atom is 0.254 e. The average molecular weight is 306 g/mol. The van der Waals surface area contributed by atoms with E-state index >= 15 is 0 Å². The number of amides is 1. The first kappa shape index (κ1) is 16.5. The van der Waals surface area contributed by atoms with Crippen LogP contribution in [0, 0.1) is 0 Å². The quantitative estimate of drug-likeness (QED) is 0.632. The third kappa shape index (κ3) is 4.30. The fourth-order valence-corrected chi connectivity index (χ4v) is 2.72. The molecular weight excluding hydrogens is 280 g/mol. The molecule has 0 radical (unpaired) electrons. The first-order valence-electron chi connectivity index (χ1n) is 7.86. The van der Waals surface area contributed by atoms with Gasteiger partial charge in [-0.25, -0.2) is 4.98 Å². The van der Waals surface area contributed by atoms with Crippen molar-refractivity contribution in [3.8, 4) is 0 Å². The summed E-state index contributed by atoms with van der Waals surface area (Å²) in [6.45, 7) is 3.97. The summed E-state index contributed by atoms with van der Waals surface area (Å²) in [5, 5.41) is 9.83. The molecule has 7 heteroatoms. The van der Waals surface area contributed by atoms with E-state index in [9.17, 15) is 4.79 Å². The van der Waals surface area contributed by atoms with E-state index in [1.54, 1.807) is 0 Å². The van der Waals surface area contributed by atoms with Crippen LogP contribution < -0.4 is 21.7 Å². The maximum atomic E-state index is 11.4. The highest BCUT2D eigenvalue weighted by atomic mass is 16.1. The van der Waals surface area contributed by atoms with Gasteiger partial charge in [-0.05, 0) is 46.6 Å². The molecule has 1 aliphatic rings. The number of anilines is 2. The largest absolute Gasteiger partial charge is 0.367 e. The van der Waals surface area contributed by atoms with E-state index in [0.717, 1.165) is 25.7 Å². The van der Waals surface area contributed by atoms with Gasteiger partial charge in [0.15, 0.2) is 0 Å². The normalized spacial score (nSPS) is 21.6. The molecule has 0 aliphatic heterocycles. The van der Waals surface area contributed by atoms with E-state index in [1.807, 2.05) is 20.9 Å². The summed E-state index contributed by atoms with van der Waals surface area (Å²) < 4.78 is 0. The van der Waals surface area contributed by atoms with Crippen LogP contribution >= 0.6 is 0 Å². The molecular formula is C15H26N6O. The fourth-order valence-electron chi connectivity index (χ4n) is 2.72. The van der Waals surface area contributed by atoms with Crippen molar-refractivity contribution in [1.82, 2.24) is 15.3 Å². The molecule has 1 amide bonds. The van der Waals surface area contributed by atoms with Crippen LogP contribution in [0.4, 0.5) is 11.8 Å². The van der Waals surface area contributed by atoms with Crippen LogP contribution in [0.25, 0.3) is 0 Å². The van der Waals surface area contributed by atoms with Crippen LogP contribution in [0.5, 0.6) is 0 Å². The predicted octanol–water partition coefficient (Wildman–Crippen LogP) is 1.34. The molecule has 7 nitrogen and oxygen atoms in total. The Morgan fingerprint density at radius 1 is 1.27 bits per heavy atom. The van der Waals surface area contributed by atoms with Crippen molar-refractivity contribution >= 4 is 17.7 Å². The van der Waals surface area contributed by atoms with Gasteiger partial charge in [0.25, 0.3) is 5.91 Å². The zero-order valence-corrected chi connectivity index (χ0v) is 13.5. The zero-order valence-electron chi connectivity index (χ0n) is 13.5. The average Bonchev–Trinajstić information content (AvgIpc) is 2.47. The lowest BCUT2D eigenvalue weighted by molar-refractivity contribution is 0.100. The summed E-state index contributed by atoms with van der Waals surface area (Å²) in [5.74, 6) is 0.509. The van der Waals surface area contributed by atoms with Crippen LogP contribution in [0.1, 0.15) is 49.9 Å². The van der Waals surface area contributed by atoms with Gasteiger partial charge in [-0.3, -0.25) is 4.79 Å². The van der Waals surface area contributed by atoms with Crippen LogP contribution in [0.15, 0.2) is 6.20 Å². The summed E-state index contributed by atoms with van der Waals surface area (Å²) in [6, 6.07) is 1.14. The Bertz CT molecular complexity index is 511. The highest BCUT2D eigenvalue weighted by Gasteiger charge is 2.21. The van der Waals surface area contributed by atoms with Crippen molar-refractivity contribution in [2.45, 2.75) is 57.7 Å². The van der Waals surface area contributed by atoms with Gasteiger partial charge in [0, 0.05) is 24.3 Å². The van der Waals surface area contributed by atoms with Crippen molar-refractivity contribution in [2.24, 2.45) is 5.73 Å². The minimum Gasteiger partial charge on any atom is -0.367 e. The lowest BCUT2D eigenvalue weighted by Gasteiger charge is -2.29. The third-order valence-corrected chi connectivity index (χ3v) is 3.95. The van der Waals surface area contributed by atoms with Crippen LogP contribution in [-0.2, 0) is 0 Å². The molecule has 1 saturated carbocycles. The number of hydrogen-bond acceptors (Lipinski definition) is 6. The smallest absolute Gasteiger partial charge is 0.254 e. The Balaban J connectivity index is 2.07. The predicted molar refractivity (Wildman–Crippen MR) is 88.0 cm³/mol. The van der Waals surface area contributed by atoms with Crippen molar-refractivity contribution in [3.05, 3.63) is 11.8 Å². The molecule has 22 heavy (non-hydrogen) atoms. The molecule has 0 bridgehead atoms. The van der Waals surface area contributed by atoms with Gasteiger partial charge in [0.05, 0.1) is 5.56 Å². The first-order chi connectivity index (χ1) is 10.5. The highest BCUT2D eigenvalue weighted by molar-refractivity contribution is 5.97. The van der Waals surface area contributed by atoms with Crippen molar-refractivity contribution in [2.75, 3.05) is 17.7 Å². The Morgan fingerprint density at radius 3 is 2.45 bits per heavy atom.